The summed E-state index contributed by atoms with van der Waals surface area (Å²) in [7, 11) is 0. The summed E-state index contributed by atoms with van der Waals surface area (Å²) in [4.78, 5) is 11.8. The molecule has 1 aromatic heterocycles. The second-order valence-electron chi connectivity index (χ2n) is 5.43. The number of rotatable bonds is 5. The van der Waals surface area contributed by atoms with Crippen molar-refractivity contribution in [1.82, 2.24) is 15.1 Å². The monoisotopic (exact) mass is 287 g/mol. The van der Waals surface area contributed by atoms with E-state index >= 15 is 0 Å². The van der Waals surface area contributed by atoms with Crippen LogP contribution >= 0.6 is 11.6 Å². The lowest BCUT2D eigenvalue weighted by Gasteiger charge is -2.27. The molecule has 0 aromatic carbocycles. The van der Waals surface area contributed by atoms with Crippen molar-refractivity contribution in [2.45, 2.75) is 46.8 Å². The first-order chi connectivity index (χ1) is 8.65. The number of carbonyl (C=O) groups is 1. The largest absolute Gasteiger partial charge is 0.388 e. The zero-order valence-corrected chi connectivity index (χ0v) is 12.9. The van der Waals surface area contributed by atoms with Crippen LogP contribution in [0.2, 0.25) is 5.02 Å². The standard InChI is InChI=1S/C13H22ClN3O2/c1-8(2)13(5,19)7-15-11(18)6-17-10(4)12(14)9(3)16-17/h8,19H,6-7H2,1-5H3,(H,15,18). The average molecular weight is 288 g/mol. The van der Waals surface area contributed by atoms with E-state index in [1.807, 2.05) is 20.8 Å². The molecule has 19 heavy (non-hydrogen) atoms. The van der Waals surface area contributed by atoms with Crippen LogP contribution in [0.3, 0.4) is 0 Å². The lowest BCUT2D eigenvalue weighted by Crippen LogP contribution is -2.45. The Morgan fingerprint density at radius 3 is 2.53 bits per heavy atom. The Hall–Kier alpha value is -1.07. The third kappa shape index (κ3) is 3.94. The van der Waals surface area contributed by atoms with Gasteiger partial charge in [-0.25, -0.2) is 0 Å². The average Bonchev–Trinajstić information content (AvgIpc) is 2.54. The number of aromatic nitrogens is 2. The van der Waals surface area contributed by atoms with Crippen molar-refractivity contribution >= 4 is 17.5 Å². The van der Waals surface area contributed by atoms with Crippen molar-refractivity contribution < 1.29 is 9.90 Å². The first kappa shape index (κ1) is 16.0. The number of amides is 1. The molecule has 0 aliphatic heterocycles. The van der Waals surface area contributed by atoms with Crippen molar-refractivity contribution in [3.8, 4) is 0 Å². The minimum absolute atomic E-state index is 0.0657. The van der Waals surface area contributed by atoms with E-state index in [4.69, 9.17) is 11.6 Å². The zero-order valence-electron chi connectivity index (χ0n) is 12.1. The molecule has 2 N–H and O–H groups in total. The lowest BCUT2D eigenvalue weighted by atomic mass is 9.92. The molecule has 1 unspecified atom stereocenters. The topological polar surface area (TPSA) is 67.2 Å². The fourth-order valence-electron chi connectivity index (χ4n) is 1.50. The van der Waals surface area contributed by atoms with E-state index < -0.39 is 5.60 Å². The number of aliphatic hydroxyl groups is 1. The molecule has 108 valence electrons. The van der Waals surface area contributed by atoms with Crippen molar-refractivity contribution in [3.05, 3.63) is 16.4 Å². The van der Waals surface area contributed by atoms with Crippen LogP contribution in [0.25, 0.3) is 0 Å². The van der Waals surface area contributed by atoms with Gasteiger partial charge in [0.05, 0.1) is 22.0 Å². The van der Waals surface area contributed by atoms with Gasteiger partial charge in [0.1, 0.15) is 6.54 Å². The maximum absolute atomic E-state index is 11.8. The first-order valence-electron chi connectivity index (χ1n) is 6.33. The van der Waals surface area contributed by atoms with Gasteiger partial charge in [-0.15, -0.1) is 0 Å². The fourth-order valence-corrected chi connectivity index (χ4v) is 1.64. The highest BCUT2D eigenvalue weighted by molar-refractivity contribution is 6.31. The zero-order chi connectivity index (χ0) is 14.8. The van der Waals surface area contributed by atoms with Gasteiger partial charge in [-0.05, 0) is 26.7 Å². The van der Waals surface area contributed by atoms with Gasteiger partial charge in [-0.3, -0.25) is 9.48 Å². The van der Waals surface area contributed by atoms with E-state index in [1.165, 1.54) is 0 Å². The van der Waals surface area contributed by atoms with Gasteiger partial charge in [0.15, 0.2) is 0 Å². The molecule has 1 heterocycles. The minimum Gasteiger partial charge on any atom is -0.388 e. The van der Waals surface area contributed by atoms with Crippen LogP contribution < -0.4 is 5.32 Å². The first-order valence-corrected chi connectivity index (χ1v) is 6.71. The summed E-state index contributed by atoms with van der Waals surface area (Å²) < 4.78 is 1.57. The summed E-state index contributed by atoms with van der Waals surface area (Å²) in [5, 5.41) is 17.5. The quantitative estimate of drug-likeness (QED) is 0.866. The molecule has 0 spiro atoms. The van der Waals surface area contributed by atoms with Gasteiger partial charge in [0.2, 0.25) is 5.91 Å². The molecule has 0 aliphatic carbocycles. The van der Waals surface area contributed by atoms with Gasteiger partial charge in [0, 0.05) is 6.54 Å². The highest BCUT2D eigenvalue weighted by Crippen LogP contribution is 2.18. The van der Waals surface area contributed by atoms with Gasteiger partial charge in [-0.1, -0.05) is 25.4 Å². The maximum Gasteiger partial charge on any atom is 0.241 e. The van der Waals surface area contributed by atoms with Gasteiger partial charge >= 0.3 is 0 Å². The Morgan fingerprint density at radius 1 is 1.53 bits per heavy atom. The third-order valence-corrected chi connectivity index (χ3v) is 4.02. The van der Waals surface area contributed by atoms with Crippen molar-refractivity contribution in [2.75, 3.05) is 6.54 Å². The highest BCUT2D eigenvalue weighted by Gasteiger charge is 2.25. The van der Waals surface area contributed by atoms with E-state index in [2.05, 4.69) is 10.4 Å². The van der Waals surface area contributed by atoms with Crippen LogP contribution in [0.4, 0.5) is 0 Å². The Balaban J connectivity index is 2.59. The SMILES string of the molecule is Cc1nn(CC(=O)NCC(C)(O)C(C)C)c(C)c1Cl. The number of halogens is 1. The molecule has 0 saturated heterocycles. The Morgan fingerprint density at radius 2 is 2.11 bits per heavy atom. The van der Waals surface area contributed by atoms with Crippen LogP contribution in [0, 0.1) is 19.8 Å². The molecule has 1 atom stereocenters. The highest BCUT2D eigenvalue weighted by atomic mass is 35.5. The molecular weight excluding hydrogens is 266 g/mol. The van der Waals surface area contributed by atoms with Gasteiger partial charge in [0.25, 0.3) is 0 Å². The number of aryl methyl sites for hydroxylation is 1. The molecule has 1 rings (SSSR count). The van der Waals surface area contributed by atoms with Crippen molar-refractivity contribution in [3.63, 3.8) is 0 Å². The molecule has 0 fully saturated rings. The molecule has 0 saturated carbocycles. The predicted octanol–water partition coefficient (Wildman–Crippen LogP) is 1.68. The van der Waals surface area contributed by atoms with Crippen LogP contribution in [0.1, 0.15) is 32.2 Å². The van der Waals surface area contributed by atoms with Crippen molar-refractivity contribution in [1.29, 1.82) is 0 Å². The number of hydrogen-bond donors (Lipinski definition) is 2. The second kappa shape index (κ2) is 5.92. The maximum atomic E-state index is 11.8. The van der Waals surface area contributed by atoms with E-state index in [1.54, 1.807) is 18.5 Å². The summed E-state index contributed by atoms with van der Waals surface area (Å²) in [6, 6.07) is 0. The van der Waals surface area contributed by atoms with Gasteiger partial charge < -0.3 is 10.4 Å². The number of hydrogen-bond acceptors (Lipinski definition) is 3. The van der Waals surface area contributed by atoms with Gasteiger partial charge in [-0.2, -0.15) is 5.10 Å². The number of carbonyl (C=O) groups excluding carboxylic acids is 1. The predicted molar refractivity (Wildman–Crippen MR) is 75.2 cm³/mol. The van der Waals surface area contributed by atoms with E-state index in [9.17, 15) is 9.90 Å². The van der Waals surface area contributed by atoms with Crippen LogP contribution in [-0.2, 0) is 11.3 Å². The Labute approximate surface area is 118 Å². The van der Waals surface area contributed by atoms with E-state index in [0.29, 0.717) is 10.7 Å². The molecular formula is C13H22ClN3O2. The molecule has 0 radical (unpaired) electrons. The summed E-state index contributed by atoms with van der Waals surface area (Å²) in [6.07, 6.45) is 0. The van der Waals surface area contributed by atoms with Crippen LogP contribution in [0.15, 0.2) is 0 Å². The summed E-state index contributed by atoms with van der Waals surface area (Å²) in [6.45, 7) is 9.47. The molecule has 5 nitrogen and oxygen atoms in total. The molecule has 6 heteroatoms. The molecule has 1 aromatic rings. The lowest BCUT2D eigenvalue weighted by molar-refractivity contribution is -0.123. The normalized spacial score (nSPS) is 14.5. The van der Waals surface area contributed by atoms with Crippen molar-refractivity contribution in [2.24, 2.45) is 5.92 Å². The summed E-state index contributed by atoms with van der Waals surface area (Å²) in [5.41, 5.74) is 0.564. The Kier molecular flexibility index (Phi) is 4.98. The second-order valence-corrected chi connectivity index (χ2v) is 5.81. The fraction of sp³-hybridized carbons (Fsp3) is 0.692. The molecule has 0 aliphatic rings. The third-order valence-electron chi connectivity index (χ3n) is 3.47. The van der Waals surface area contributed by atoms with Crippen LogP contribution in [-0.4, -0.2) is 32.9 Å². The minimum atomic E-state index is -0.914. The van der Waals surface area contributed by atoms with E-state index in [0.717, 1.165) is 5.69 Å². The summed E-state index contributed by atoms with van der Waals surface area (Å²) >= 11 is 6.02. The molecule has 0 bridgehead atoms. The molecule has 1 amide bonds. The number of nitrogens with one attached hydrogen (secondary N) is 1. The Bertz CT molecular complexity index is 467. The smallest absolute Gasteiger partial charge is 0.241 e. The van der Waals surface area contributed by atoms with Crippen LogP contribution in [0.5, 0.6) is 0 Å². The summed E-state index contributed by atoms with van der Waals surface area (Å²) in [5.74, 6) is -0.126. The van der Waals surface area contributed by atoms with E-state index in [-0.39, 0.29) is 24.9 Å². The number of nitrogens with zero attached hydrogens (tertiary/aromatic N) is 2.